The van der Waals surface area contributed by atoms with E-state index in [2.05, 4.69) is 0 Å². The quantitative estimate of drug-likeness (QED) is 0.453. The number of benzene rings is 2. The van der Waals surface area contributed by atoms with Gasteiger partial charge in [-0.3, -0.25) is 4.79 Å². The highest BCUT2D eigenvalue weighted by molar-refractivity contribution is 5.87. The summed E-state index contributed by atoms with van der Waals surface area (Å²) in [6, 6.07) is 4.76. The van der Waals surface area contributed by atoms with Crippen molar-refractivity contribution in [3.8, 4) is 11.1 Å². The molecule has 0 N–H and O–H groups in total. The van der Waals surface area contributed by atoms with Gasteiger partial charge in [-0.15, -0.1) is 0 Å². The number of rotatable bonds is 2. The summed E-state index contributed by atoms with van der Waals surface area (Å²) in [4.78, 5) is 10.8. The van der Waals surface area contributed by atoms with Crippen LogP contribution in [0.25, 0.3) is 11.1 Å². The zero-order chi connectivity index (χ0) is 13.3. The molecule has 0 aliphatic rings. The predicted molar refractivity (Wildman–Crippen MR) is 57.1 cm³/mol. The summed E-state index contributed by atoms with van der Waals surface area (Å²) in [5.41, 5.74) is -0.432. The lowest BCUT2D eigenvalue weighted by Crippen LogP contribution is -1.97. The molecule has 92 valence electrons. The second-order valence-corrected chi connectivity index (χ2v) is 3.57. The summed E-state index contributed by atoms with van der Waals surface area (Å²) in [5, 5.41) is 0. The molecule has 2 aromatic rings. The predicted octanol–water partition coefficient (Wildman–Crippen LogP) is 3.72. The fourth-order valence-electron chi connectivity index (χ4n) is 1.61. The van der Waals surface area contributed by atoms with E-state index in [1.165, 1.54) is 0 Å². The maximum atomic E-state index is 13.5. The minimum absolute atomic E-state index is 0.00259. The number of hydrogen-bond acceptors (Lipinski definition) is 1. The van der Waals surface area contributed by atoms with E-state index in [0.29, 0.717) is 6.29 Å². The van der Waals surface area contributed by atoms with Crippen LogP contribution in [0.15, 0.2) is 30.3 Å². The molecule has 0 unspecified atom stereocenters. The molecule has 0 spiro atoms. The summed E-state index contributed by atoms with van der Waals surface area (Å²) in [7, 11) is 0. The highest BCUT2D eigenvalue weighted by Crippen LogP contribution is 2.28. The molecule has 0 atom stereocenters. The van der Waals surface area contributed by atoms with Gasteiger partial charge >= 0.3 is 0 Å². The molecule has 1 nitrogen and oxygen atoms in total. The van der Waals surface area contributed by atoms with Gasteiger partial charge in [0, 0.05) is 11.1 Å². The normalized spacial score (nSPS) is 10.4. The molecule has 0 saturated heterocycles. The molecule has 18 heavy (non-hydrogen) atoms. The summed E-state index contributed by atoms with van der Waals surface area (Å²) >= 11 is 0. The van der Waals surface area contributed by atoms with Crippen LogP contribution in [0.3, 0.4) is 0 Å². The van der Waals surface area contributed by atoms with E-state index in [0.717, 1.165) is 30.3 Å². The Morgan fingerprint density at radius 1 is 0.833 bits per heavy atom. The molecule has 0 aliphatic carbocycles. The van der Waals surface area contributed by atoms with Gasteiger partial charge in [0.15, 0.2) is 23.7 Å². The van der Waals surface area contributed by atoms with Crippen LogP contribution in [-0.2, 0) is 0 Å². The molecular weight excluding hydrogens is 248 g/mol. The minimum Gasteiger partial charge on any atom is -0.298 e. The Morgan fingerprint density at radius 3 is 2.17 bits per heavy atom. The van der Waals surface area contributed by atoms with Crippen molar-refractivity contribution in [2.75, 3.05) is 0 Å². The van der Waals surface area contributed by atoms with E-state index >= 15 is 0 Å². The average molecular weight is 254 g/mol. The third kappa shape index (κ3) is 1.99. The van der Waals surface area contributed by atoms with Crippen LogP contribution in [0.2, 0.25) is 0 Å². The summed E-state index contributed by atoms with van der Waals surface area (Å²) in [6.45, 7) is 0. The van der Waals surface area contributed by atoms with Gasteiger partial charge in [-0.1, -0.05) is 6.07 Å². The third-order valence-corrected chi connectivity index (χ3v) is 2.47. The van der Waals surface area contributed by atoms with Gasteiger partial charge in [-0.2, -0.15) is 0 Å². The van der Waals surface area contributed by atoms with Crippen LogP contribution < -0.4 is 0 Å². The van der Waals surface area contributed by atoms with Crippen LogP contribution in [0.5, 0.6) is 0 Å². The molecule has 0 aromatic heterocycles. The van der Waals surface area contributed by atoms with Gasteiger partial charge in [0.1, 0.15) is 5.82 Å². The van der Waals surface area contributed by atoms with Crippen molar-refractivity contribution >= 4 is 6.29 Å². The molecule has 0 aliphatic heterocycles. The first-order chi connectivity index (χ1) is 8.54. The molecule has 2 aromatic carbocycles. The van der Waals surface area contributed by atoms with E-state index in [1.807, 2.05) is 0 Å². The monoisotopic (exact) mass is 254 g/mol. The molecular formula is C13H6F4O. The zero-order valence-corrected chi connectivity index (χ0v) is 8.88. The molecule has 0 heterocycles. The molecule has 5 heteroatoms. The van der Waals surface area contributed by atoms with Crippen molar-refractivity contribution in [1.29, 1.82) is 0 Å². The largest absolute Gasteiger partial charge is 0.298 e. The van der Waals surface area contributed by atoms with Crippen LogP contribution in [0, 0.1) is 23.3 Å². The Balaban J connectivity index is 2.69. The van der Waals surface area contributed by atoms with E-state index in [4.69, 9.17) is 0 Å². The van der Waals surface area contributed by atoms with Gasteiger partial charge in [-0.25, -0.2) is 17.6 Å². The average Bonchev–Trinajstić information content (AvgIpc) is 2.37. The molecule has 0 fully saturated rings. The first-order valence-electron chi connectivity index (χ1n) is 4.93. The fraction of sp³-hybridized carbons (Fsp3) is 0. The summed E-state index contributed by atoms with van der Waals surface area (Å²) in [5.74, 6) is -5.05. The van der Waals surface area contributed by atoms with E-state index in [-0.39, 0.29) is 16.7 Å². The van der Waals surface area contributed by atoms with Crippen molar-refractivity contribution in [2.24, 2.45) is 0 Å². The van der Waals surface area contributed by atoms with Crippen molar-refractivity contribution < 1.29 is 22.4 Å². The highest BCUT2D eigenvalue weighted by atomic mass is 19.2. The van der Waals surface area contributed by atoms with Gasteiger partial charge in [-0.05, 0) is 29.8 Å². The lowest BCUT2D eigenvalue weighted by atomic mass is 9.99. The smallest absolute Gasteiger partial charge is 0.195 e. The molecule has 0 radical (unpaired) electrons. The number of aldehydes is 1. The molecule has 0 saturated carbocycles. The fourth-order valence-corrected chi connectivity index (χ4v) is 1.61. The molecule has 2 rings (SSSR count). The molecule has 0 amide bonds. The van der Waals surface area contributed by atoms with Crippen molar-refractivity contribution in [1.82, 2.24) is 0 Å². The standard InChI is InChI=1S/C13H6F4O/c14-8-1-2-9(7(5-8)6-18)10-3-4-11(15)13(17)12(10)16/h1-6H. The second-order valence-electron chi connectivity index (χ2n) is 3.57. The SMILES string of the molecule is O=Cc1cc(F)ccc1-c1ccc(F)c(F)c1F. The number of carbonyl (C=O) groups is 1. The first kappa shape index (κ1) is 12.3. The van der Waals surface area contributed by atoms with Crippen molar-refractivity contribution in [2.45, 2.75) is 0 Å². The van der Waals surface area contributed by atoms with Crippen molar-refractivity contribution in [3.05, 3.63) is 59.2 Å². The zero-order valence-electron chi connectivity index (χ0n) is 8.88. The van der Waals surface area contributed by atoms with E-state index in [9.17, 15) is 22.4 Å². The lowest BCUT2D eigenvalue weighted by Gasteiger charge is -2.07. The Bertz CT molecular complexity index is 623. The van der Waals surface area contributed by atoms with E-state index < -0.39 is 23.3 Å². The Labute approximate surface area is 99.7 Å². The Hall–Kier alpha value is -2.17. The maximum absolute atomic E-state index is 13.5. The third-order valence-electron chi connectivity index (χ3n) is 2.47. The number of hydrogen-bond donors (Lipinski definition) is 0. The topological polar surface area (TPSA) is 17.1 Å². The molecule has 0 bridgehead atoms. The van der Waals surface area contributed by atoms with Crippen LogP contribution >= 0.6 is 0 Å². The van der Waals surface area contributed by atoms with Gasteiger partial charge in [0.2, 0.25) is 0 Å². The minimum atomic E-state index is -1.63. The Morgan fingerprint density at radius 2 is 1.50 bits per heavy atom. The van der Waals surface area contributed by atoms with Crippen molar-refractivity contribution in [3.63, 3.8) is 0 Å². The van der Waals surface area contributed by atoms with Crippen LogP contribution in [-0.4, -0.2) is 6.29 Å². The van der Waals surface area contributed by atoms with Gasteiger partial charge in [0.25, 0.3) is 0 Å². The summed E-state index contributed by atoms with van der Waals surface area (Å²) in [6.07, 6.45) is 0.319. The maximum Gasteiger partial charge on any atom is 0.195 e. The number of halogens is 4. The lowest BCUT2D eigenvalue weighted by molar-refractivity contribution is 0.112. The summed E-state index contributed by atoms with van der Waals surface area (Å²) < 4.78 is 52.3. The number of carbonyl (C=O) groups excluding carboxylic acids is 1. The van der Waals surface area contributed by atoms with E-state index in [1.54, 1.807) is 0 Å². The van der Waals surface area contributed by atoms with Gasteiger partial charge in [0.05, 0.1) is 0 Å². The van der Waals surface area contributed by atoms with Gasteiger partial charge < -0.3 is 0 Å². The second kappa shape index (κ2) is 4.60. The Kier molecular flexibility index (Phi) is 3.14. The van der Waals surface area contributed by atoms with Crippen LogP contribution in [0.4, 0.5) is 17.6 Å². The van der Waals surface area contributed by atoms with Crippen LogP contribution in [0.1, 0.15) is 10.4 Å². The highest BCUT2D eigenvalue weighted by Gasteiger charge is 2.17. The first-order valence-corrected chi connectivity index (χ1v) is 4.93.